The molecule has 0 spiro atoms. The van der Waals surface area contributed by atoms with Crippen LogP contribution in [0.15, 0.2) is 76.5 Å². The van der Waals surface area contributed by atoms with Crippen molar-refractivity contribution in [1.82, 2.24) is 0 Å². The van der Waals surface area contributed by atoms with E-state index in [0.717, 1.165) is 5.56 Å². The molecule has 1 unspecified atom stereocenters. The molecule has 3 aromatic rings. The largest absolute Gasteiger partial charge is 0.294 e. The Kier molecular flexibility index (Phi) is 5.49. The van der Waals surface area contributed by atoms with E-state index < -0.39 is 15.3 Å². The average Bonchev–Trinajstić information content (AvgIpc) is 2.64. The van der Waals surface area contributed by atoms with Gasteiger partial charge in [-0.2, -0.15) is 0 Å². The van der Waals surface area contributed by atoms with E-state index >= 15 is 0 Å². The van der Waals surface area contributed by atoms with E-state index in [1.54, 1.807) is 36.4 Å². The number of hydrogen-bond acceptors (Lipinski definition) is 2. The molecular weight excluding hydrogens is 383 g/mol. The molecule has 27 heavy (non-hydrogen) atoms. The topological polar surface area (TPSA) is 34.1 Å². The van der Waals surface area contributed by atoms with Crippen LogP contribution in [0.3, 0.4) is 0 Å². The number of halogens is 2. The second kappa shape index (κ2) is 7.67. The average molecular weight is 401 g/mol. The van der Waals surface area contributed by atoms with Gasteiger partial charge >= 0.3 is 0 Å². The van der Waals surface area contributed by atoms with Crippen molar-refractivity contribution in [2.45, 2.75) is 23.1 Å². The second-order valence-electron chi connectivity index (χ2n) is 6.32. The van der Waals surface area contributed by atoms with E-state index in [4.69, 9.17) is 11.6 Å². The molecule has 0 bridgehead atoms. The molecular formula is C22H18ClFO2S. The van der Waals surface area contributed by atoms with Crippen molar-refractivity contribution in [3.05, 3.63) is 94.3 Å². The lowest BCUT2D eigenvalue weighted by molar-refractivity contribution is 0.0989. The molecule has 3 aromatic carbocycles. The van der Waals surface area contributed by atoms with E-state index in [9.17, 15) is 13.4 Å². The van der Waals surface area contributed by atoms with Gasteiger partial charge in [-0.05, 0) is 48.7 Å². The number of rotatable bonds is 5. The van der Waals surface area contributed by atoms with Crippen LogP contribution in [-0.2, 0) is 15.9 Å². The lowest BCUT2D eigenvalue weighted by Crippen LogP contribution is -2.12. The third kappa shape index (κ3) is 4.12. The number of Topliss-reactive ketones (excluding diaryl/α,β-unsaturated/α-hetero) is 1. The fourth-order valence-electron chi connectivity index (χ4n) is 2.80. The van der Waals surface area contributed by atoms with Crippen LogP contribution in [0.2, 0.25) is 5.02 Å². The monoisotopic (exact) mass is 400 g/mol. The highest BCUT2D eigenvalue weighted by Crippen LogP contribution is 2.26. The summed E-state index contributed by atoms with van der Waals surface area (Å²) in [6.45, 7) is 1.94. The van der Waals surface area contributed by atoms with Gasteiger partial charge < -0.3 is 0 Å². The van der Waals surface area contributed by atoms with Gasteiger partial charge in [-0.1, -0.05) is 53.6 Å². The van der Waals surface area contributed by atoms with Crippen LogP contribution < -0.4 is 0 Å². The molecule has 2 nitrogen and oxygen atoms in total. The maximum absolute atomic E-state index is 14.1. The third-order valence-electron chi connectivity index (χ3n) is 4.31. The Bertz CT molecular complexity index is 1100. The first-order valence-corrected chi connectivity index (χ1v) is 10.4. The Morgan fingerprint density at radius 2 is 1.74 bits per heavy atom. The summed E-state index contributed by atoms with van der Waals surface area (Å²) in [4.78, 5) is 13.8. The van der Waals surface area contributed by atoms with Crippen LogP contribution in [0.25, 0.3) is 0 Å². The summed E-state index contributed by atoms with van der Waals surface area (Å²) in [5.41, 5.74) is 1.56. The van der Waals surface area contributed by atoms with Gasteiger partial charge in [-0.15, -0.1) is 0 Å². The van der Waals surface area contributed by atoms with Crippen molar-refractivity contribution in [3.8, 4) is 0 Å². The summed E-state index contributed by atoms with van der Waals surface area (Å²) < 4.78 is 27.5. The molecule has 0 aliphatic carbocycles. The van der Waals surface area contributed by atoms with Crippen LogP contribution in [0.1, 0.15) is 21.5 Å². The molecule has 0 saturated heterocycles. The first-order valence-electron chi connectivity index (χ1n) is 8.29. The van der Waals surface area contributed by atoms with E-state index in [0.29, 0.717) is 9.79 Å². The molecule has 0 fully saturated rings. The second-order valence-corrected chi connectivity index (χ2v) is 9.02. The van der Waals surface area contributed by atoms with E-state index in [2.05, 4.69) is 5.87 Å². The lowest BCUT2D eigenvalue weighted by Gasteiger charge is -2.14. The summed E-state index contributed by atoms with van der Waals surface area (Å²) in [5, 5.41) is 0.268. The highest BCUT2D eigenvalue weighted by Gasteiger charge is 2.20. The highest BCUT2D eigenvalue weighted by molar-refractivity contribution is 8.00. The van der Waals surface area contributed by atoms with Gasteiger partial charge in [-0.3, -0.25) is 9.00 Å². The number of carbonyl (C=O) groups is 1. The predicted octanol–water partition coefficient (Wildman–Crippen LogP) is 5.35. The van der Waals surface area contributed by atoms with Crippen molar-refractivity contribution < 1.29 is 13.4 Å². The normalized spacial score (nSPS) is 13.1. The van der Waals surface area contributed by atoms with Crippen LogP contribution >= 0.6 is 11.6 Å². The Labute approximate surface area is 163 Å². The molecule has 0 N–H and O–H groups in total. The zero-order valence-electron chi connectivity index (χ0n) is 14.7. The zero-order valence-corrected chi connectivity index (χ0v) is 16.3. The maximum Gasteiger partial charge on any atom is 0.168 e. The molecule has 3 rings (SSSR count). The molecule has 1 atom stereocenters. The first kappa shape index (κ1) is 19.3. The first-order chi connectivity index (χ1) is 12.8. The van der Waals surface area contributed by atoms with Crippen molar-refractivity contribution in [2.24, 2.45) is 0 Å². The van der Waals surface area contributed by atoms with Crippen LogP contribution in [0.5, 0.6) is 0 Å². The van der Waals surface area contributed by atoms with Gasteiger partial charge in [0.15, 0.2) is 5.78 Å². The lowest BCUT2D eigenvalue weighted by atomic mass is 10.0. The Morgan fingerprint density at radius 1 is 1.07 bits per heavy atom. The molecule has 0 amide bonds. The van der Waals surface area contributed by atoms with Gasteiger partial charge in [0.05, 0.1) is 0 Å². The quantitative estimate of drug-likeness (QED) is 0.427. The number of carbonyl (C=O) groups excluding carboxylic acids is 1. The van der Waals surface area contributed by atoms with Crippen LogP contribution in [-0.4, -0.2) is 15.9 Å². The number of hydrogen-bond donors (Lipinski definition) is 0. The summed E-state index contributed by atoms with van der Waals surface area (Å²) in [6, 6.07) is 18.1. The van der Waals surface area contributed by atoms with Gasteiger partial charge in [0.1, 0.15) is 5.82 Å². The van der Waals surface area contributed by atoms with Gasteiger partial charge in [0.25, 0.3) is 0 Å². The Hall–Kier alpha value is -2.43. The maximum atomic E-state index is 14.1. The molecule has 0 aliphatic rings. The van der Waals surface area contributed by atoms with Crippen LogP contribution in [0.4, 0.5) is 4.39 Å². The molecule has 138 valence electrons. The van der Waals surface area contributed by atoms with E-state index in [1.807, 2.05) is 19.1 Å². The number of aryl methyl sites for hydroxylation is 1. The standard InChI is InChI=1S/C22H18ClFO2S/c1-15-7-11-18(12-8-15)27(2,26)22-6-4-3-5-19(22)21(25)13-16-9-10-17(23)14-20(16)24/h3-12,14H,2,13H2,1H3. The third-order valence-corrected chi connectivity index (χ3v) is 6.65. The molecule has 5 heteroatoms. The molecule has 0 aliphatic heterocycles. The highest BCUT2D eigenvalue weighted by atomic mass is 35.5. The summed E-state index contributed by atoms with van der Waals surface area (Å²) >= 11 is 5.76. The van der Waals surface area contributed by atoms with Gasteiger partial charge in [-0.25, -0.2) is 4.39 Å². The molecule has 0 radical (unpaired) electrons. The number of ketones is 1. The summed E-state index contributed by atoms with van der Waals surface area (Å²) in [5.74, 6) is 3.04. The van der Waals surface area contributed by atoms with Crippen molar-refractivity contribution in [2.75, 3.05) is 0 Å². The van der Waals surface area contributed by atoms with Crippen molar-refractivity contribution in [1.29, 1.82) is 0 Å². The molecule has 0 saturated carbocycles. The fraction of sp³-hybridized carbons (Fsp3) is 0.0909. The minimum Gasteiger partial charge on any atom is -0.294 e. The smallest absolute Gasteiger partial charge is 0.168 e. The van der Waals surface area contributed by atoms with Gasteiger partial charge in [0.2, 0.25) is 0 Å². The fourth-order valence-corrected chi connectivity index (χ4v) is 4.63. The van der Waals surface area contributed by atoms with Crippen LogP contribution in [0, 0.1) is 12.7 Å². The number of benzene rings is 3. The SMILES string of the molecule is C=S(=O)(c1ccc(C)cc1)c1ccccc1C(=O)Cc1ccc(Cl)cc1F. The predicted molar refractivity (Wildman–Crippen MR) is 109 cm³/mol. The Balaban J connectivity index is 2.00. The minimum absolute atomic E-state index is 0.149. The minimum atomic E-state index is -2.88. The summed E-state index contributed by atoms with van der Waals surface area (Å²) in [6.07, 6.45) is -0.149. The summed E-state index contributed by atoms with van der Waals surface area (Å²) in [7, 11) is -2.88. The van der Waals surface area contributed by atoms with E-state index in [-0.39, 0.29) is 28.4 Å². The van der Waals surface area contributed by atoms with Crippen molar-refractivity contribution in [3.63, 3.8) is 0 Å². The molecule has 0 aromatic heterocycles. The molecule has 0 heterocycles. The van der Waals surface area contributed by atoms with Gasteiger partial charge in [0, 0.05) is 36.3 Å². The van der Waals surface area contributed by atoms with E-state index in [1.165, 1.54) is 18.2 Å². The zero-order chi connectivity index (χ0) is 19.6. The Morgan fingerprint density at radius 3 is 2.41 bits per heavy atom. The van der Waals surface area contributed by atoms with Crippen molar-refractivity contribution >= 4 is 32.8 Å².